The zero-order valence-corrected chi connectivity index (χ0v) is 12.9. The fraction of sp³-hybridized carbons (Fsp3) is 0.353. The fourth-order valence-corrected chi connectivity index (χ4v) is 3.21. The molecule has 1 aliphatic carbocycles. The van der Waals surface area contributed by atoms with Gasteiger partial charge in [-0.05, 0) is 18.8 Å². The van der Waals surface area contributed by atoms with Crippen molar-refractivity contribution in [3.05, 3.63) is 36.7 Å². The molecular formula is C17H19N5O. The molecule has 4 rings (SSSR count). The fourth-order valence-electron chi connectivity index (χ4n) is 3.21. The summed E-state index contributed by atoms with van der Waals surface area (Å²) in [5.41, 5.74) is 2.47. The predicted molar refractivity (Wildman–Crippen MR) is 88.9 cm³/mol. The van der Waals surface area contributed by atoms with Crippen molar-refractivity contribution < 1.29 is 5.11 Å². The number of aliphatic hydroxyl groups is 1. The average Bonchev–Trinajstić information content (AvgIpc) is 3.13. The summed E-state index contributed by atoms with van der Waals surface area (Å²) in [5.74, 6) is 1.84. The van der Waals surface area contributed by atoms with Crippen molar-refractivity contribution in [3.63, 3.8) is 0 Å². The highest BCUT2D eigenvalue weighted by atomic mass is 16.3. The number of anilines is 1. The van der Waals surface area contributed by atoms with Crippen LogP contribution >= 0.6 is 0 Å². The van der Waals surface area contributed by atoms with Crippen LogP contribution in [0.25, 0.3) is 22.6 Å². The number of hydrogen-bond acceptors (Lipinski definition) is 5. The van der Waals surface area contributed by atoms with Crippen LogP contribution in [0, 0.1) is 5.92 Å². The van der Waals surface area contributed by atoms with Gasteiger partial charge in [0.2, 0.25) is 0 Å². The van der Waals surface area contributed by atoms with E-state index in [1.165, 1.54) is 6.33 Å². The zero-order chi connectivity index (χ0) is 15.8. The number of nitrogens with zero attached hydrogens (tertiary/aromatic N) is 3. The first-order valence-corrected chi connectivity index (χ1v) is 7.91. The summed E-state index contributed by atoms with van der Waals surface area (Å²) in [6.45, 7) is 2.08. The van der Waals surface area contributed by atoms with E-state index in [4.69, 9.17) is 0 Å². The van der Waals surface area contributed by atoms with Gasteiger partial charge in [0.15, 0.2) is 11.5 Å². The van der Waals surface area contributed by atoms with Crippen molar-refractivity contribution in [2.24, 2.45) is 5.92 Å². The SMILES string of the molecule is C[C@H]1C[C@@H](Nc2ncnc3nc(-c4ccccc4)[nH]c23)C[C@@H]1O. The summed E-state index contributed by atoms with van der Waals surface area (Å²) in [7, 11) is 0. The summed E-state index contributed by atoms with van der Waals surface area (Å²) in [6.07, 6.45) is 2.96. The summed E-state index contributed by atoms with van der Waals surface area (Å²) in [4.78, 5) is 16.5. The zero-order valence-electron chi connectivity index (χ0n) is 12.9. The number of imidazole rings is 1. The van der Waals surface area contributed by atoms with Crippen LogP contribution in [0.4, 0.5) is 5.82 Å². The molecular weight excluding hydrogens is 290 g/mol. The molecule has 0 saturated heterocycles. The smallest absolute Gasteiger partial charge is 0.183 e. The van der Waals surface area contributed by atoms with Crippen molar-refractivity contribution >= 4 is 17.0 Å². The number of hydrogen-bond donors (Lipinski definition) is 3. The first-order valence-electron chi connectivity index (χ1n) is 7.91. The lowest BCUT2D eigenvalue weighted by Gasteiger charge is -2.12. The quantitative estimate of drug-likeness (QED) is 0.692. The molecule has 3 N–H and O–H groups in total. The first kappa shape index (κ1) is 14.1. The topological polar surface area (TPSA) is 86.7 Å². The Balaban J connectivity index is 1.67. The Bertz CT molecular complexity index is 806. The van der Waals surface area contributed by atoms with Gasteiger partial charge in [0.05, 0.1) is 6.10 Å². The Kier molecular flexibility index (Phi) is 3.46. The molecule has 3 aromatic rings. The maximum absolute atomic E-state index is 9.92. The maximum Gasteiger partial charge on any atom is 0.183 e. The van der Waals surface area contributed by atoms with Crippen LogP contribution in [-0.2, 0) is 0 Å². The minimum Gasteiger partial charge on any atom is -0.393 e. The summed E-state index contributed by atoms with van der Waals surface area (Å²) in [6, 6.07) is 10.2. The van der Waals surface area contributed by atoms with E-state index in [2.05, 4.69) is 32.2 Å². The number of aromatic nitrogens is 4. The number of benzene rings is 1. The molecule has 1 saturated carbocycles. The molecule has 1 aliphatic rings. The monoisotopic (exact) mass is 309 g/mol. The van der Waals surface area contributed by atoms with Gasteiger partial charge in [0.25, 0.3) is 0 Å². The molecule has 1 fully saturated rings. The molecule has 0 unspecified atom stereocenters. The van der Waals surface area contributed by atoms with E-state index >= 15 is 0 Å². The van der Waals surface area contributed by atoms with E-state index in [0.717, 1.165) is 35.6 Å². The van der Waals surface area contributed by atoms with Crippen LogP contribution in [0.1, 0.15) is 19.8 Å². The van der Waals surface area contributed by atoms with Crippen molar-refractivity contribution in [1.29, 1.82) is 0 Å². The molecule has 23 heavy (non-hydrogen) atoms. The molecule has 3 atom stereocenters. The van der Waals surface area contributed by atoms with Crippen LogP contribution in [0.5, 0.6) is 0 Å². The number of nitrogens with one attached hydrogen (secondary N) is 2. The lowest BCUT2D eigenvalue weighted by molar-refractivity contribution is 0.141. The highest BCUT2D eigenvalue weighted by Gasteiger charge is 2.30. The number of H-pyrrole nitrogens is 1. The molecule has 1 aromatic carbocycles. The maximum atomic E-state index is 9.92. The van der Waals surface area contributed by atoms with Crippen molar-refractivity contribution in [2.45, 2.75) is 31.9 Å². The van der Waals surface area contributed by atoms with Gasteiger partial charge in [0.1, 0.15) is 17.7 Å². The lowest BCUT2D eigenvalue weighted by Crippen LogP contribution is -2.17. The molecule has 6 nitrogen and oxygen atoms in total. The van der Waals surface area contributed by atoms with Gasteiger partial charge in [0, 0.05) is 11.6 Å². The second kappa shape index (κ2) is 5.62. The number of aliphatic hydroxyl groups excluding tert-OH is 1. The van der Waals surface area contributed by atoms with E-state index < -0.39 is 0 Å². The average molecular weight is 309 g/mol. The van der Waals surface area contributed by atoms with Gasteiger partial charge >= 0.3 is 0 Å². The van der Waals surface area contributed by atoms with E-state index in [9.17, 15) is 5.11 Å². The van der Waals surface area contributed by atoms with Gasteiger partial charge in [-0.1, -0.05) is 37.3 Å². The molecule has 2 aromatic heterocycles. The molecule has 2 heterocycles. The Labute approximate surface area is 134 Å². The third-order valence-electron chi connectivity index (χ3n) is 4.52. The number of fused-ring (bicyclic) bond motifs is 1. The normalized spacial score (nSPS) is 24.2. The standard InChI is InChI=1S/C17H19N5O/c1-10-7-12(8-13(10)23)20-16-14-17(19-9-18-16)22-15(21-14)11-5-3-2-4-6-11/h2-6,9-10,12-13,23H,7-8H2,1H3,(H2,18,19,20,21,22)/t10-,12+,13-/m0/s1. The number of aromatic amines is 1. The third kappa shape index (κ3) is 2.66. The van der Waals surface area contributed by atoms with Crippen LogP contribution in [0.2, 0.25) is 0 Å². The van der Waals surface area contributed by atoms with Crippen LogP contribution in [0.15, 0.2) is 36.7 Å². The molecule has 0 radical (unpaired) electrons. The molecule has 0 amide bonds. The highest BCUT2D eigenvalue weighted by Crippen LogP contribution is 2.29. The minimum absolute atomic E-state index is 0.224. The second-order valence-electron chi connectivity index (χ2n) is 6.23. The van der Waals surface area contributed by atoms with E-state index in [0.29, 0.717) is 11.6 Å². The second-order valence-corrected chi connectivity index (χ2v) is 6.23. The van der Waals surface area contributed by atoms with Gasteiger partial charge in [-0.2, -0.15) is 0 Å². The summed E-state index contributed by atoms with van der Waals surface area (Å²) in [5, 5.41) is 13.3. The predicted octanol–water partition coefficient (Wildman–Crippen LogP) is 2.59. The summed E-state index contributed by atoms with van der Waals surface area (Å²) >= 11 is 0. The number of rotatable bonds is 3. The van der Waals surface area contributed by atoms with E-state index in [1.807, 2.05) is 30.3 Å². The van der Waals surface area contributed by atoms with Crippen LogP contribution in [-0.4, -0.2) is 37.2 Å². The van der Waals surface area contributed by atoms with Crippen LogP contribution in [0.3, 0.4) is 0 Å². The molecule has 6 heteroatoms. The Morgan fingerprint density at radius 2 is 2.00 bits per heavy atom. The minimum atomic E-state index is -0.244. The Morgan fingerprint density at radius 3 is 2.74 bits per heavy atom. The Morgan fingerprint density at radius 1 is 1.17 bits per heavy atom. The Hall–Kier alpha value is -2.47. The molecule has 118 valence electrons. The third-order valence-corrected chi connectivity index (χ3v) is 4.52. The van der Waals surface area contributed by atoms with E-state index in [-0.39, 0.29) is 12.1 Å². The molecule has 0 bridgehead atoms. The lowest BCUT2D eigenvalue weighted by atomic mass is 10.1. The first-order chi connectivity index (χ1) is 11.2. The van der Waals surface area contributed by atoms with Crippen molar-refractivity contribution in [1.82, 2.24) is 19.9 Å². The van der Waals surface area contributed by atoms with Crippen molar-refractivity contribution in [2.75, 3.05) is 5.32 Å². The molecule has 0 spiro atoms. The van der Waals surface area contributed by atoms with Gasteiger partial charge in [-0.25, -0.2) is 15.0 Å². The molecule has 0 aliphatic heterocycles. The van der Waals surface area contributed by atoms with Gasteiger partial charge in [-0.3, -0.25) is 0 Å². The van der Waals surface area contributed by atoms with Gasteiger partial charge < -0.3 is 15.4 Å². The highest BCUT2D eigenvalue weighted by molar-refractivity contribution is 5.85. The summed E-state index contributed by atoms with van der Waals surface area (Å²) < 4.78 is 0. The van der Waals surface area contributed by atoms with E-state index in [1.54, 1.807) is 0 Å². The van der Waals surface area contributed by atoms with Gasteiger partial charge in [-0.15, -0.1) is 0 Å². The van der Waals surface area contributed by atoms with Crippen molar-refractivity contribution in [3.8, 4) is 11.4 Å². The largest absolute Gasteiger partial charge is 0.393 e. The van der Waals surface area contributed by atoms with Crippen LogP contribution < -0.4 is 5.32 Å².